The number of nitrogens with one attached hydrogen (secondary N) is 1. The fourth-order valence-electron chi connectivity index (χ4n) is 5.58. The summed E-state index contributed by atoms with van der Waals surface area (Å²) in [6.45, 7) is 3.23. The number of alkyl halides is 3. The van der Waals surface area contributed by atoms with Gasteiger partial charge in [0.05, 0.1) is 23.6 Å². The second-order valence-corrected chi connectivity index (χ2v) is 11.5. The number of benzene rings is 2. The van der Waals surface area contributed by atoms with E-state index in [9.17, 15) is 18.0 Å². The van der Waals surface area contributed by atoms with Crippen molar-refractivity contribution in [2.45, 2.75) is 31.5 Å². The lowest BCUT2D eigenvalue weighted by Crippen LogP contribution is -2.44. The van der Waals surface area contributed by atoms with Gasteiger partial charge in [-0.2, -0.15) is 18.3 Å². The topological polar surface area (TPSA) is 96.5 Å². The molecular weight excluding hydrogens is 571 g/mol. The third-order valence-corrected chi connectivity index (χ3v) is 8.26. The number of hydrogen-bond acceptors (Lipinski definition) is 7. The van der Waals surface area contributed by atoms with E-state index in [4.69, 9.17) is 0 Å². The normalized spacial score (nSPS) is 16.5. The summed E-state index contributed by atoms with van der Waals surface area (Å²) in [7, 11) is 2.00. The minimum atomic E-state index is -4.55. The van der Waals surface area contributed by atoms with Gasteiger partial charge in [-0.25, -0.2) is 14.2 Å². The number of likely N-dealkylation sites (N-methyl/N-ethyl adjacent to an activating group) is 1. The summed E-state index contributed by atoms with van der Waals surface area (Å²) in [5, 5.41) is 15.5. The lowest BCUT2D eigenvalue weighted by Gasteiger charge is -2.33. The van der Waals surface area contributed by atoms with Crippen molar-refractivity contribution < 1.29 is 18.0 Å². The predicted octanol–water partition coefficient (Wildman–Crippen LogP) is 4.87. The summed E-state index contributed by atoms with van der Waals surface area (Å²) in [6.07, 6.45) is 4.44. The van der Waals surface area contributed by atoms with E-state index >= 15 is 0 Å². The van der Waals surface area contributed by atoms with E-state index in [-0.39, 0.29) is 17.8 Å². The molecule has 0 unspecified atom stereocenters. The highest BCUT2D eigenvalue weighted by molar-refractivity contribution is 6.04. The van der Waals surface area contributed by atoms with Gasteiger partial charge in [-0.3, -0.25) is 9.69 Å². The molecule has 1 aliphatic heterocycles. The van der Waals surface area contributed by atoms with Crippen LogP contribution in [0.3, 0.4) is 0 Å². The van der Waals surface area contributed by atoms with E-state index < -0.39 is 17.6 Å². The number of halogens is 3. The average molecular weight is 602 g/mol. The van der Waals surface area contributed by atoms with Gasteiger partial charge >= 0.3 is 6.18 Å². The molecule has 4 heterocycles. The van der Waals surface area contributed by atoms with Crippen LogP contribution in [0.1, 0.15) is 45.8 Å². The molecule has 1 N–H and O–H groups in total. The Morgan fingerprint density at radius 3 is 2.61 bits per heavy atom. The number of carbonyl (C=O) groups excluding carboxylic acids is 1. The van der Waals surface area contributed by atoms with Crippen molar-refractivity contribution >= 4 is 17.2 Å². The number of carbonyl (C=O) groups is 1. The summed E-state index contributed by atoms with van der Waals surface area (Å²) in [4.78, 5) is 21.9. The number of nitrogens with zero attached hydrogens (tertiary/aromatic N) is 8. The second kappa shape index (κ2) is 11.1. The zero-order valence-corrected chi connectivity index (χ0v) is 24.0. The summed E-state index contributed by atoms with van der Waals surface area (Å²) < 4.78 is 45.6. The van der Waals surface area contributed by atoms with Gasteiger partial charge in [-0.1, -0.05) is 17.3 Å². The third kappa shape index (κ3) is 5.80. The van der Waals surface area contributed by atoms with Crippen LogP contribution in [0.15, 0.2) is 67.3 Å². The molecule has 1 amide bonds. The first-order valence-corrected chi connectivity index (χ1v) is 14.5. The molecule has 0 spiro atoms. The molecule has 3 aromatic heterocycles. The maximum Gasteiger partial charge on any atom is 0.416 e. The van der Waals surface area contributed by atoms with Gasteiger partial charge in [-0.05, 0) is 61.2 Å². The maximum atomic E-state index is 14.1. The largest absolute Gasteiger partial charge is 0.416 e. The maximum absolute atomic E-state index is 14.1. The Hall–Kier alpha value is -4.62. The lowest BCUT2D eigenvalue weighted by atomic mass is 10.0. The molecule has 1 saturated carbocycles. The van der Waals surface area contributed by atoms with Crippen LogP contribution >= 0.6 is 0 Å². The minimum Gasteiger partial charge on any atom is -0.322 e. The first kappa shape index (κ1) is 28.2. The van der Waals surface area contributed by atoms with Crippen LogP contribution in [0.4, 0.5) is 18.9 Å². The SMILES string of the molecule is CN1CCN(Cc2ccc(NC(=O)c3ccc(C4CC4)c(-n4cc(-c5cnc6ccnn6c5)nn4)c3)cc2C(F)(F)F)CC1. The molecular formula is C31H30F3N9O. The summed E-state index contributed by atoms with van der Waals surface area (Å²) in [5.74, 6) is -0.166. The predicted molar refractivity (Wildman–Crippen MR) is 157 cm³/mol. The Kier molecular flexibility index (Phi) is 7.13. The highest BCUT2D eigenvalue weighted by atomic mass is 19.4. The van der Waals surface area contributed by atoms with E-state index in [1.54, 1.807) is 46.0 Å². The zero-order valence-electron chi connectivity index (χ0n) is 24.0. The molecule has 0 radical (unpaired) electrons. The zero-order chi connectivity index (χ0) is 30.4. The minimum absolute atomic E-state index is 0.0850. The van der Waals surface area contributed by atoms with E-state index in [0.717, 1.165) is 43.1 Å². The molecule has 226 valence electrons. The van der Waals surface area contributed by atoms with E-state index in [0.29, 0.717) is 41.6 Å². The van der Waals surface area contributed by atoms with Gasteiger partial charge < -0.3 is 10.2 Å². The Morgan fingerprint density at radius 1 is 1.02 bits per heavy atom. The smallest absolute Gasteiger partial charge is 0.322 e. The first-order valence-electron chi connectivity index (χ1n) is 14.5. The van der Waals surface area contributed by atoms with Crippen molar-refractivity contribution in [1.82, 2.24) is 39.4 Å². The highest BCUT2D eigenvalue weighted by Gasteiger charge is 2.34. The number of fused-ring (bicyclic) bond motifs is 1. The van der Waals surface area contributed by atoms with E-state index in [1.165, 1.54) is 12.1 Å². The van der Waals surface area contributed by atoms with Crippen molar-refractivity contribution in [3.63, 3.8) is 0 Å². The molecule has 13 heteroatoms. The van der Waals surface area contributed by atoms with Crippen molar-refractivity contribution in [2.75, 3.05) is 38.5 Å². The molecule has 2 aliphatic rings. The number of hydrogen-bond donors (Lipinski definition) is 1. The molecule has 0 bridgehead atoms. The van der Waals surface area contributed by atoms with Crippen LogP contribution < -0.4 is 5.32 Å². The highest BCUT2D eigenvalue weighted by Crippen LogP contribution is 2.43. The second-order valence-electron chi connectivity index (χ2n) is 11.5. The Bertz CT molecular complexity index is 1830. The van der Waals surface area contributed by atoms with Crippen LogP contribution in [0.2, 0.25) is 0 Å². The standard InChI is InChI=1S/C31H30F3N9O/c1-40-10-12-41(13-11-40)17-22-4-6-24(15-26(22)31(32,33)34)37-30(44)21-5-7-25(20-2-3-20)28(14-21)42-19-27(38-39-42)23-16-35-29-8-9-36-43(29)18-23/h4-9,14-16,18-20H,2-3,10-13,17H2,1H3,(H,37,44). The summed E-state index contributed by atoms with van der Waals surface area (Å²) >= 11 is 0. The molecule has 44 heavy (non-hydrogen) atoms. The van der Waals surface area contributed by atoms with Crippen LogP contribution in [0.5, 0.6) is 0 Å². The van der Waals surface area contributed by atoms with Crippen LogP contribution in [-0.4, -0.2) is 78.5 Å². The number of amides is 1. The van der Waals surface area contributed by atoms with Crippen LogP contribution in [-0.2, 0) is 12.7 Å². The number of rotatable bonds is 7. The molecule has 1 aliphatic carbocycles. The van der Waals surface area contributed by atoms with Crippen LogP contribution in [0.25, 0.3) is 22.6 Å². The van der Waals surface area contributed by atoms with Gasteiger partial charge in [-0.15, -0.1) is 5.10 Å². The Morgan fingerprint density at radius 2 is 1.84 bits per heavy atom. The molecule has 2 aromatic carbocycles. The van der Waals surface area contributed by atoms with Gasteiger partial charge in [0.15, 0.2) is 5.65 Å². The third-order valence-electron chi connectivity index (χ3n) is 8.26. The van der Waals surface area contributed by atoms with Gasteiger partial charge in [0, 0.05) is 68.0 Å². The molecule has 10 nitrogen and oxygen atoms in total. The monoisotopic (exact) mass is 601 g/mol. The first-order chi connectivity index (χ1) is 21.2. The van der Waals surface area contributed by atoms with Gasteiger partial charge in [0.1, 0.15) is 5.69 Å². The molecule has 5 aromatic rings. The Balaban J connectivity index is 1.14. The summed E-state index contributed by atoms with van der Waals surface area (Å²) in [5.41, 5.74) is 3.60. The van der Waals surface area contributed by atoms with Crippen molar-refractivity contribution in [3.05, 3.63) is 89.5 Å². The fourth-order valence-corrected chi connectivity index (χ4v) is 5.58. The number of piperazine rings is 1. The number of aromatic nitrogens is 6. The fraction of sp³-hybridized carbons (Fsp3) is 0.323. The van der Waals surface area contributed by atoms with Crippen molar-refractivity contribution in [2.24, 2.45) is 0 Å². The van der Waals surface area contributed by atoms with Crippen molar-refractivity contribution in [1.29, 1.82) is 0 Å². The molecule has 7 rings (SSSR count). The van der Waals surface area contributed by atoms with E-state index in [1.807, 2.05) is 24.2 Å². The van der Waals surface area contributed by atoms with Crippen molar-refractivity contribution in [3.8, 4) is 16.9 Å². The summed E-state index contributed by atoms with van der Waals surface area (Å²) in [6, 6.07) is 11.1. The molecule has 1 saturated heterocycles. The number of anilines is 1. The Labute approximate surface area is 251 Å². The molecule has 0 atom stereocenters. The van der Waals surface area contributed by atoms with Gasteiger partial charge in [0.25, 0.3) is 5.91 Å². The average Bonchev–Trinajstić information content (AvgIpc) is 3.54. The van der Waals surface area contributed by atoms with Crippen LogP contribution in [0, 0.1) is 0 Å². The van der Waals surface area contributed by atoms with Gasteiger partial charge in [0.2, 0.25) is 0 Å². The lowest BCUT2D eigenvalue weighted by molar-refractivity contribution is -0.138. The molecule has 2 fully saturated rings. The quantitative estimate of drug-likeness (QED) is 0.284. The van der Waals surface area contributed by atoms with E-state index in [2.05, 4.69) is 30.6 Å².